The van der Waals surface area contributed by atoms with Gasteiger partial charge in [-0.1, -0.05) is 54.5 Å². The first-order valence-corrected chi connectivity index (χ1v) is 7.79. The minimum absolute atomic E-state index is 0.0891. The first-order chi connectivity index (χ1) is 11.6. The standard InChI is InChI=1S/C18H24FN3O2/c1-4-14(6-5-13(2)12-23)15-7-9-16(10-8-15)18(24-3)17(11-19)21-22-20/h4-10,13,17-18,23H,11-12H2,1-3H3/b6-5-,14-4+/t13?,17-,18-/m1/s1. The summed E-state index contributed by atoms with van der Waals surface area (Å²) in [5.74, 6) is 0.0891. The van der Waals surface area contributed by atoms with Crippen LogP contribution in [0.1, 0.15) is 31.1 Å². The highest BCUT2D eigenvalue weighted by Crippen LogP contribution is 2.26. The fraction of sp³-hybridized carbons (Fsp3) is 0.444. The van der Waals surface area contributed by atoms with Crippen LogP contribution in [0.5, 0.6) is 0 Å². The maximum absolute atomic E-state index is 13.1. The zero-order chi connectivity index (χ0) is 17.9. The molecule has 130 valence electrons. The number of allylic oxidation sites excluding steroid dienone is 3. The maximum Gasteiger partial charge on any atom is 0.101 e. The van der Waals surface area contributed by atoms with Crippen LogP contribution in [0.4, 0.5) is 4.39 Å². The summed E-state index contributed by atoms with van der Waals surface area (Å²) in [6, 6.07) is 6.61. The van der Waals surface area contributed by atoms with Crippen molar-refractivity contribution in [1.29, 1.82) is 0 Å². The molecule has 0 aliphatic rings. The number of halogens is 1. The third-order valence-corrected chi connectivity index (χ3v) is 3.74. The number of alkyl halides is 1. The molecule has 5 nitrogen and oxygen atoms in total. The first-order valence-electron chi connectivity index (χ1n) is 7.79. The molecule has 1 unspecified atom stereocenters. The van der Waals surface area contributed by atoms with Crippen LogP contribution >= 0.6 is 0 Å². The van der Waals surface area contributed by atoms with E-state index >= 15 is 0 Å². The maximum atomic E-state index is 13.1. The third-order valence-electron chi connectivity index (χ3n) is 3.74. The van der Waals surface area contributed by atoms with Crippen LogP contribution in [-0.4, -0.2) is 31.5 Å². The molecule has 6 heteroatoms. The van der Waals surface area contributed by atoms with Crippen LogP contribution < -0.4 is 0 Å². The average molecular weight is 333 g/mol. The predicted octanol–water partition coefficient (Wildman–Crippen LogP) is 4.61. The van der Waals surface area contributed by atoms with Gasteiger partial charge in [0.15, 0.2) is 0 Å². The van der Waals surface area contributed by atoms with Crippen molar-refractivity contribution in [2.45, 2.75) is 26.0 Å². The van der Waals surface area contributed by atoms with Crippen molar-refractivity contribution in [3.63, 3.8) is 0 Å². The second-order valence-electron chi connectivity index (χ2n) is 5.47. The second-order valence-corrected chi connectivity index (χ2v) is 5.47. The highest BCUT2D eigenvalue weighted by molar-refractivity contribution is 5.73. The minimum atomic E-state index is -0.891. The van der Waals surface area contributed by atoms with E-state index in [1.54, 1.807) is 0 Å². The molecule has 0 aromatic heterocycles. The highest BCUT2D eigenvalue weighted by Gasteiger charge is 2.22. The van der Waals surface area contributed by atoms with E-state index in [1.165, 1.54) is 7.11 Å². The Labute approximate surface area is 142 Å². The molecule has 0 saturated carbocycles. The Kier molecular flexibility index (Phi) is 8.79. The van der Waals surface area contributed by atoms with Gasteiger partial charge in [0.05, 0.1) is 12.1 Å². The number of aliphatic hydroxyl groups excluding tert-OH is 1. The summed E-state index contributed by atoms with van der Waals surface area (Å²) in [4.78, 5) is 2.68. The fourth-order valence-electron chi connectivity index (χ4n) is 2.31. The van der Waals surface area contributed by atoms with E-state index in [-0.39, 0.29) is 12.5 Å². The van der Waals surface area contributed by atoms with Crippen molar-refractivity contribution in [1.82, 2.24) is 0 Å². The number of azide groups is 1. The molecule has 0 spiro atoms. The number of hydrogen-bond donors (Lipinski definition) is 1. The molecule has 0 heterocycles. The molecule has 24 heavy (non-hydrogen) atoms. The molecule has 0 amide bonds. The Balaban J connectivity index is 3.01. The molecule has 1 N–H and O–H groups in total. The Hall–Kier alpha value is -2.14. The molecule has 1 aromatic carbocycles. The molecule has 1 rings (SSSR count). The molecule has 0 aliphatic carbocycles. The zero-order valence-electron chi connectivity index (χ0n) is 14.3. The van der Waals surface area contributed by atoms with Crippen LogP contribution in [0, 0.1) is 5.92 Å². The lowest BCUT2D eigenvalue weighted by atomic mass is 9.98. The van der Waals surface area contributed by atoms with Crippen molar-refractivity contribution in [2.75, 3.05) is 20.4 Å². The van der Waals surface area contributed by atoms with Crippen molar-refractivity contribution >= 4 is 5.57 Å². The van der Waals surface area contributed by atoms with E-state index in [4.69, 9.17) is 15.4 Å². The summed E-state index contributed by atoms with van der Waals surface area (Å²) in [6.45, 7) is 3.19. The van der Waals surface area contributed by atoms with Crippen LogP contribution in [-0.2, 0) is 4.74 Å². The van der Waals surface area contributed by atoms with Crippen LogP contribution in [0.3, 0.4) is 0 Å². The van der Waals surface area contributed by atoms with E-state index in [9.17, 15) is 4.39 Å². The monoisotopic (exact) mass is 333 g/mol. The van der Waals surface area contributed by atoms with Gasteiger partial charge in [-0.15, -0.1) is 0 Å². The van der Waals surface area contributed by atoms with Crippen molar-refractivity contribution in [3.05, 3.63) is 64.1 Å². The summed E-state index contributed by atoms with van der Waals surface area (Å²) < 4.78 is 18.4. The molecule has 0 aliphatic heterocycles. The van der Waals surface area contributed by atoms with Crippen LogP contribution in [0.25, 0.3) is 16.0 Å². The van der Waals surface area contributed by atoms with Crippen LogP contribution in [0.2, 0.25) is 0 Å². The fourth-order valence-corrected chi connectivity index (χ4v) is 2.31. The van der Waals surface area contributed by atoms with Gasteiger partial charge in [-0.3, -0.25) is 4.39 Å². The van der Waals surface area contributed by atoms with E-state index in [0.717, 1.165) is 16.7 Å². The van der Waals surface area contributed by atoms with Gasteiger partial charge in [0.2, 0.25) is 0 Å². The molecule has 0 fully saturated rings. The number of aliphatic hydroxyl groups is 1. The summed E-state index contributed by atoms with van der Waals surface area (Å²) in [5, 5.41) is 12.5. The number of nitrogens with zero attached hydrogens (tertiary/aromatic N) is 3. The van der Waals surface area contributed by atoms with Crippen molar-refractivity contribution < 1.29 is 14.2 Å². The summed E-state index contributed by atoms with van der Waals surface area (Å²) in [7, 11) is 1.46. The number of methoxy groups -OCH3 is 1. The Morgan fingerprint density at radius 1 is 1.42 bits per heavy atom. The number of rotatable bonds is 9. The summed E-state index contributed by atoms with van der Waals surface area (Å²) in [5.41, 5.74) is 11.3. The Morgan fingerprint density at radius 3 is 2.54 bits per heavy atom. The average Bonchev–Trinajstić information content (AvgIpc) is 2.62. The molecular formula is C18H24FN3O2. The van der Waals surface area contributed by atoms with Crippen molar-refractivity contribution in [3.8, 4) is 0 Å². The van der Waals surface area contributed by atoms with Gasteiger partial charge >= 0.3 is 0 Å². The summed E-state index contributed by atoms with van der Waals surface area (Å²) in [6.07, 6.45) is 5.27. The van der Waals surface area contributed by atoms with Gasteiger partial charge in [-0.2, -0.15) is 0 Å². The Bertz CT molecular complexity index is 607. The SMILES string of the molecule is C/C=C(\C=C/C(C)CO)c1ccc([C@@H](OC)[C@@H](CF)N=[N+]=[N-])cc1. The topological polar surface area (TPSA) is 78.2 Å². The third kappa shape index (κ3) is 5.49. The smallest absolute Gasteiger partial charge is 0.101 e. The zero-order valence-corrected chi connectivity index (χ0v) is 14.3. The van der Waals surface area contributed by atoms with Gasteiger partial charge in [0.25, 0.3) is 0 Å². The largest absolute Gasteiger partial charge is 0.396 e. The normalized spacial score (nSPS) is 15.8. The van der Waals surface area contributed by atoms with Gasteiger partial charge in [-0.05, 0) is 35.1 Å². The molecule has 1 aromatic rings. The lowest BCUT2D eigenvalue weighted by Crippen LogP contribution is -2.20. The van der Waals surface area contributed by atoms with E-state index < -0.39 is 18.8 Å². The van der Waals surface area contributed by atoms with Gasteiger partial charge < -0.3 is 9.84 Å². The minimum Gasteiger partial charge on any atom is -0.396 e. The summed E-state index contributed by atoms with van der Waals surface area (Å²) >= 11 is 0. The molecule has 3 atom stereocenters. The van der Waals surface area contributed by atoms with Gasteiger partial charge in [-0.25, -0.2) is 0 Å². The highest BCUT2D eigenvalue weighted by atomic mass is 19.1. The first kappa shape index (κ1) is 19.9. The van der Waals surface area contributed by atoms with Gasteiger partial charge in [0.1, 0.15) is 6.67 Å². The number of benzene rings is 1. The quantitative estimate of drug-likeness (QED) is 0.310. The predicted molar refractivity (Wildman–Crippen MR) is 94.1 cm³/mol. The van der Waals surface area contributed by atoms with E-state index in [2.05, 4.69) is 10.0 Å². The molecule has 0 radical (unpaired) electrons. The number of hydrogen-bond acceptors (Lipinski definition) is 3. The molecular weight excluding hydrogens is 309 g/mol. The van der Waals surface area contributed by atoms with E-state index in [0.29, 0.717) is 0 Å². The Morgan fingerprint density at radius 2 is 2.08 bits per heavy atom. The lowest BCUT2D eigenvalue weighted by Gasteiger charge is -2.20. The number of ether oxygens (including phenoxy) is 1. The molecule has 0 bridgehead atoms. The van der Waals surface area contributed by atoms with E-state index in [1.807, 2.05) is 56.3 Å². The lowest BCUT2D eigenvalue weighted by molar-refractivity contribution is 0.0722. The molecule has 0 saturated heterocycles. The van der Waals surface area contributed by atoms with Crippen LogP contribution in [0.15, 0.2) is 47.6 Å². The second kappa shape index (κ2) is 10.6. The van der Waals surface area contributed by atoms with Crippen molar-refractivity contribution in [2.24, 2.45) is 11.0 Å². The van der Waals surface area contributed by atoms with Gasteiger partial charge in [0, 0.05) is 18.6 Å².